The Morgan fingerprint density at radius 1 is 1.33 bits per heavy atom. The van der Waals surface area contributed by atoms with Crippen LogP contribution in [0.25, 0.3) is 0 Å². The molecule has 1 aromatic rings. The zero-order valence-corrected chi connectivity index (χ0v) is 12.9. The molecule has 0 bridgehead atoms. The van der Waals surface area contributed by atoms with E-state index in [1.807, 2.05) is 13.8 Å². The van der Waals surface area contributed by atoms with Gasteiger partial charge in [-0.05, 0) is 6.07 Å². The van der Waals surface area contributed by atoms with Gasteiger partial charge in [-0.25, -0.2) is 13.1 Å². The summed E-state index contributed by atoms with van der Waals surface area (Å²) in [6.45, 7) is 4.59. The molecule has 2 N–H and O–H groups in total. The Morgan fingerprint density at radius 3 is 2.52 bits per heavy atom. The van der Waals surface area contributed by atoms with E-state index in [0.717, 1.165) is 18.2 Å². The lowest BCUT2D eigenvalue weighted by Gasteiger charge is -2.12. The first-order chi connectivity index (χ1) is 9.77. The van der Waals surface area contributed by atoms with Crippen LogP contribution in [-0.4, -0.2) is 39.6 Å². The predicted octanol–water partition coefficient (Wildman–Crippen LogP) is 0.880. The molecule has 118 valence electrons. The van der Waals surface area contributed by atoms with Crippen molar-refractivity contribution in [2.24, 2.45) is 0 Å². The number of hydrogen-bond acceptors (Lipinski definition) is 6. The molecule has 0 atom stereocenters. The summed E-state index contributed by atoms with van der Waals surface area (Å²) in [5.41, 5.74) is -0.229. The maximum absolute atomic E-state index is 12.1. The smallest absolute Gasteiger partial charge is 0.273 e. The number of nitrogens with zero attached hydrogens (tertiary/aromatic N) is 1. The van der Waals surface area contributed by atoms with Gasteiger partial charge in [-0.15, -0.1) is 0 Å². The lowest BCUT2D eigenvalue weighted by molar-refractivity contribution is -0.385. The van der Waals surface area contributed by atoms with Gasteiger partial charge in [-0.1, -0.05) is 13.8 Å². The highest BCUT2D eigenvalue weighted by atomic mass is 32.2. The Kier molecular flexibility index (Phi) is 6.06. The zero-order valence-electron chi connectivity index (χ0n) is 12.1. The van der Waals surface area contributed by atoms with E-state index in [1.165, 1.54) is 7.11 Å². The molecule has 0 amide bonds. The fourth-order valence-electron chi connectivity index (χ4n) is 1.62. The molecule has 0 aromatic heterocycles. The lowest BCUT2D eigenvalue weighted by Crippen LogP contribution is -2.34. The second kappa shape index (κ2) is 7.34. The molecule has 0 fully saturated rings. The van der Waals surface area contributed by atoms with E-state index in [0.29, 0.717) is 6.54 Å². The van der Waals surface area contributed by atoms with Gasteiger partial charge < -0.3 is 10.1 Å². The van der Waals surface area contributed by atoms with Crippen LogP contribution in [0.2, 0.25) is 0 Å². The monoisotopic (exact) mass is 317 g/mol. The number of methoxy groups -OCH3 is 1. The van der Waals surface area contributed by atoms with E-state index >= 15 is 0 Å². The van der Waals surface area contributed by atoms with Crippen LogP contribution in [0.3, 0.4) is 0 Å². The first-order valence-corrected chi connectivity index (χ1v) is 7.81. The van der Waals surface area contributed by atoms with E-state index in [1.54, 1.807) is 0 Å². The second-order valence-corrected chi connectivity index (χ2v) is 6.33. The van der Waals surface area contributed by atoms with E-state index < -0.39 is 14.9 Å². The van der Waals surface area contributed by atoms with Gasteiger partial charge in [0.1, 0.15) is 10.6 Å². The molecule has 0 aliphatic rings. The predicted molar refractivity (Wildman–Crippen MR) is 78.0 cm³/mol. The van der Waals surface area contributed by atoms with Gasteiger partial charge >= 0.3 is 0 Å². The van der Waals surface area contributed by atoms with Crippen molar-refractivity contribution in [2.75, 3.05) is 20.2 Å². The highest BCUT2D eigenvalue weighted by molar-refractivity contribution is 7.89. The minimum Gasteiger partial charge on any atom is -0.495 e. The minimum atomic E-state index is -3.78. The number of non-ortho nitro benzene ring substituents is 1. The van der Waals surface area contributed by atoms with Crippen molar-refractivity contribution < 1.29 is 18.1 Å². The Labute approximate surface area is 123 Å². The van der Waals surface area contributed by atoms with Crippen molar-refractivity contribution in [3.63, 3.8) is 0 Å². The van der Waals surface area contributed by atoms with Crippen LogP contribution < -0.4 is 14.8 Å². The largest absolute Gasteiger partial charge is 0.495 e. The van der Waals surface area contributed by atoms with Gasteiger partial charge in [0.25, 0.3) is 5.69 Å². The van der Waals surface area contributed by atoms with Crippen molar-refractivity contribution in [2.45, 2.75) is 24.8 Å². The summed E-state index contributed by atoms with van der Waals surface area (Å²) in [4.78, 5) is 9.94. The molecule has 21 heavy (non-hydrogen) atoms. The van der Waals surface area contributed by atoms with Crippen LogP contribution in [0.5, 0.6) is 5.75 Å². The number of ether oxygens (including phenoxy) is 1. The zero-order chi connectivity index (χ0) is 16.0. The fourth-order valence-corrected chi connectivity index (χ4v) is 2.80. The summed E-state index contributed by atoms with van der Waals surface area (Å²) in [6.07, 6.45) is 0. The van der Waals surface area contributed by atoms with Crippen molar-refractivity contribution in [3.8, 4) is 5.75 Å². The quantitative estimate of drug-likeness (QED) is 0.418. The maximum atomic E-state index is 12.1. The summed E-state index contributed by atoms with van der Waals surface area (Å²) in [6, 6.07) is 3.63. The lowest BCUT2D eigenvalue weighted by atomic mass is 10.3. The summed E-state index contributed by atoms with van der Waals surface area (Å²) in [5.74, 6) is -0.0616. The SMILES string of the molecule is COc1cc([N+](=O)[O-])ccc1S(=O)(=O)NCCNC(C)C. The highest BCUT2D eigenvalue weighted by Crippen LogP contribution is 2.27. The van der Waals surface area contributed by atoms with Gasteiger partial charge in [0.2, 0.25) is 10.0 Å². The van der Waals surface area contributed by atoms with Crippen LogP contribution in [0, 0.1) is 10.1 Å². The van der Waals surface area contributed by atoms with Crippen LogP contribution in [0.4, 0.5) is 5.69 Å². The van der Waals surface area contributed by atoms with Gasteiger partial charge in [0.15, 0.2) is 0 Å². The summed E-state index contributed by atoms with van der Waals surface area (Å²) in [5, 5.41) is 13.8. The Bertz CT molecular complexity index is 601. The van der Waals surface area contributed by atoms with Crippen LogP contribution in [-0.2, 0) is 10.0 Å². The van der Waals surface area contributed by atoms with Crippen molar-refractivity contribution in [1.29, 1.82) is 0 Å². The van der Waals surface area contributed by atoms with Crippen molar-refractivity contribution in [1.82, 2.24) is 10.0 Å². The molecule has 0 unspecified atom stereocenters. The first kappa shape index (κ1) is 17.3. The van der Waals surface area contributed by atoms with Crippen molar-refractivity contribution in [3.05, 3.63) is 28.3 Å². The molecule has 0 aliphatic heterocycles. The van der Waals surface area contributed by atoms with E-state index in [-0.39, 0.29) is 28.9 Å². The topological polar surface area (TPSA) is 111 Å². The third-order valence-corrected chi connectivity index (χ3v) is 4.12. The average Bonchev–Trinajstić information content (AvgIpc) is 2.42. The van der Waals surface area contributed by atoms with E-state index in [9.17, 15) is 18.5 Å². The molecule has 0 saturated heterocycles. The number of nitro groups is 1. The molecule has 0 radical (unpaired) electrons. The molecular weight excluding hydrogens is 298 g/mol. The molecule has 0 saturated carbocycles. The Morgan fingerprint density at radius 2 is 2.00 bits per heavy atom. The van der Waals surface area contributed by atoms with E-state index in [2.05, 4.69) is 10.0 Å². The number of benzene rings is 1. The average molecular weight is 317 g/mol. The van der Waals surface area contributed by atoms with Gasteiger partial charge in [0.05, 0.1) is 18.1 Å². The Hall–Kier alpha value is -1.71. The fraction of sp³-hybridized carbons (Fsp3) is 0.500. The number of sulfonamides is 1. The van der Waals surface area contributed by atoms with Gasteiger partial charge in [-0.2, -0.15) is 0 Å². The summed E-state index contributed by atoms with van der Waals surface area (Å²) >= 11 is 0. The maximum Gasteiger partial charge on any atom is 0.273 e. The molecule has 1 aromatic carbocycles. The standard InChI is InChI=1S/C12H19N3O5S/c1-9(2)13-6-7-14-21(18,19)12-5-4-10(15(16)17)8-11(12)20-3/h4-5,8-9,13-14H,6-7H2,1-3H3. The molecule has 0 spiro atoms. The molecule has 9 heteroatoms. The van der Waals surface area contributed by atoms with Crippen molar-refractivity contribution >= 4 is 15.7 Å². The number of rotatable bonds is 8. The van der Waals surface area contributed by atoms with Crippen LogP contribution in [0.1, 0.15) is 13.8 Å². The summed E-state index contributed by atoms with van der Waals surface area (Å²) in [7, 11) is -2.52. The molecule has 0 aliphatic carbocycles. The third-order valence-electron chi connectivity index (χ3n) is 2.62. The molecule has 1 rings (SSSR count). The van der Waals surface area contributed by atoms with E-state index in [4.69, 9.17) is 4.74 Å². The van der Waals surface area contributed by atoms with Gasteiger partial charge in [-0.3, -0.25) is 10.1 Å². The summed E-state index contributed by atoms with van der Waals surface area (Å²) < 4.78 is 31.6. The number of nitro benzene ring substituents is 1. The number of hydrogen-bond donors (Lipinski definition) is 2. The second-order valence-electron chi connectivity index (χ2n) is 4.60. The van der Waals surface area contributed by atoms with Crippen LogP contribution in [0.15, 0.2) is 23.1 Å². The minimum absolute atomic E-state index is 0.0616. The molecule has 0 heterocycles. The Balaban J connectivity index is 2.90. The normalized spacial score (nSPS) is 11.6. The first-order valence-electron chi connectivity index (χ1n) is 6.33. The highest BCUT2D eigenvalue weighted by Gasteiger charge is 2.21. The van der Waals surface area contributed by atoms with Crippen LogP contribution >= 0.6 is 0 Å². The molecule has 8 nitrogen and oxygen atoms in total. The molecular formula is C12H19N3O5S. The number of nitrogens with one attached hydrogen (secondary N) is 2. The third kappa shape index (κ3) is 4.96. The van der Waals surface area contributed by atoms with Gasteiger partial charge in [0, 0.05) is 25.2 Å².